The Bertz CT molecular complexity index is 636. The minimum Gasteiger partial charge on any atom is -0.396 e. The number of rotatable bonds is 2. The van der Waals surface area contributed by atoms with Crippen LogP contribution in [0.5, 0.6) is 0 Å². The fraction of sp³-hybridized carbons (Fsp3) is 0.545. The molecule has 0 aromatic carbocycles. The summed E-state index contributed by atoms with van der Waals surface area (Å²) in [7, 11) is 0. The Balaban J connectivity index is 2.09. The zero-order chi connectivity index (χ0) is 14.4. The van der Waals surface area contributed by atoms with Gasteiger partial charge in [0.15, 0.2) is 11.5 Å². The molecule has 2 aromatic heterocycles. The molecule has 1 aliphatic rings. The Morgan fingerprint density at radius 3 is 2.65 bits per heavy atom. The minimum atomic E-state index is -1.63. The van der Waals surface area contributed by atoms with E-state index in [1.54, 1.807) is 0 Å². The highest BCUT2D eigenvalue weighted by molar-refractivity contribution is 5.81. The van der Waals surface area contributed by atoms with Gasteiger partial charge in [-0.25, -0.2) is 19.3 Å². The maximum absolute atomic E-state index is 14.3. The van der Waals surface area contributed by atoms with Crippen LogP contribution in [0.15, 0.2) is 12.7 Å². The summed E-state index contributed by atoms with van der Waals surface area (Å²) in [4.78, 5) is 11.8. The zero-order valence-electron chi connectivity index (χ0n) is 10.3. The normalized spacial score (nSPS) is 33.9. The summed E-state index contributed by atoms with van der Waals surface area (Å²) in [6.07, 6.45) is -1.83. The molecule has 0 radical (unpaired) electrons. The average molecular weight is 283 g/mol. The van der Waals surface area contributed by atoms with Crippen molar-refractivity contribution in [2.24, 2.45) is 5.92 Å². The summed E-state index contributed by atoms with van der Waals surface area (Å²) in [5, 5.41) is 28.9. The number of halogens is 1. The molecule has 1 fully saturated rings. The van der Waals surface area contributed by atoms with E-state index in [4.69, 9.17) is 10.8 Å². The average Bonchev–Trinajstić information content (AvgIpc) is 2.92. The molecule has 108 valence electrons. The van der Waals surface area contributed by atoms with Gasteiger partial charge >= 0.3 is 0 Å². The summed E-state index contributed by atoms with van der Waals surface area (Å²) in [6.45, 7) is -0.556. The molecule has 20 heavy (non-hydrogen) atoms. The maximum Gasteiger partial charge on any atom is 0.165 e. The number of anilines is 1. The van der Waals surface area contributed by atoms with Crippen molar-refractivity contribution < 1.29 is 19.7 Å². The van der Waals surface area contributed by atoms with Crippen LogP contribution in [0.25, 0.3) is 11.2 Å². The zero-order valence-corrected chi connectivity index (χ0v) is 10.3. The van der Waals surface area contributed by atoms with Crippen LogP contribution in [-0.2, 0) is 0 Å². The van der Waals surface area contributed by atoms with Gasteiger partial charge in [0.2, 0.25) is 0 Å². The molecule has 5 atom stereocenters. The second kappa shape index (κ2) is 4.62. The molecule has 8 nitrogen and oxygen atoms in total. The fourth-order valence-corrected chi connectivity index (χ4v) is 2.70. The standard InChI is InChI=1S/C11H14FN5O3/c12-5-4(1-18)8(19)9(20)7(5)17-3-16-6-10(13)14-2-15-11(6)17/h2-5,7-9,18-20H,1H2,(H2,13,14,15)/t4-,5+,7+,8+,9-/m1/s1. The van der Waals surface area contributed by atoms with Gasteiger partial charge in [0.25, 0.3) is 0 Å². The minimum absolute atomic E-state index is 0.149. The highest BCUT2D eigenvalue weighted by Crippen LogP contribution is 2.39. The molecule has 2 aromatic rings. The van der Waals surface area contributed by atoms with Crippen molar-refractivity contribution in [3.8, 4) is 0 Å². The lowest BCUT2D eigenvalue weighted by molar-refractivity contribution is -0.00496. The molecule has 1 aliphatic carbocycles. The van der Waals surface area contributed by atoms with Crippen LogP contribution in [0.1, 0.15) is 6.04 Å². The predicted molar refractivity (Wildman–Crippen MR) is 66.3 cm³/mol. The number of alkyl halides is 1. The molecular formula is C11H14FN5O3. The molecule has 0 amide bonds. The number of aromatic nitrogens is 4. The van der Waals surface area contributed by atoms with Crippen molar-refractivity contribution in [3.05, 3.63) is 12.7 Å². The Labute approximate surface area is 112 Å². The number of hydrogen-bond donors (Lipinski definition) is 4. The van der Waals surface area contributed by atoms with Gasteiger partial charge in [-0.05, 0) is 0 Å². The Kier molecular flexibility index (Phi) is 3.04. The van der Waals surface area contributed by atoms with Crippen LogP contribution < -0.4 is 5.73 Å². The third kappa shape index (κ3) is 1.67. The van der Waals surface area contributed by atoms with Gasteiger partial charge < -0.3 is 25.6 Å². The summed E-state index contributed by atoms with van der Waals surface area (Å²) >= 11 is 0. The number of aliphatic hydroxyl groups excluding tert-OH is 3. The summed E-state index contributed by atoms with van der Waals surface area (Å²) in [6, 6.07) is -1.08. The summed E-state index contributed by atoms with van der Waals surface area (Å²) in [5.74, 6) is -0.900. The number of aliphatic hydroxyl groups is 3. The smallest absolute Gasteiger partial charge is 0.165 e. The van der Waals surface area contributed by atoms with Crippen LogP contribution >= 0.6 is 0 Å². The fourth-order valence-electron chi connectivity index (χ4n) is 2.70. The quantitative estimate of drug-likeness (QED) is 0.535. The molecule has 9 heteroatoms. The first-order valence-electron chi connectivity index (χ1n) is 6.10. The van der Waals surface area contributed by atoms with E-state index in [1.807, 2.05) is 0 Å². The third-order valence-electron chi connectivity index (χ3n) is 3.79. The number of hydrogen-bond acceptors (Lipinski definition) is 7. The molecule has 1 saturated carbocycles. The lowest BCUT2D eigenvalue weighted by Gasteiger charge is -2.19. The first-order valence-corrected chi connectivity index (χ1v) is 6.10. The first kappa shape index (κ1) is 13.2. The second-order valence-corrected chi connectivity index (χ2v) is 4.85. The van der Waals surface area contributed by atoms with Gasteiger partial charge in [-0.2, -0.15) is 0 Å². The maximum atomic E-state index is 14.3. The Hall–Kier alpha value is -1.84. The van der Waals surface area contributed by atoms with Gasteiger partial charge in [0.05, 0.1) is 25.1 Å². The van der Waals surface area contributed by atoms with E-state index in [0.29, 0.717) is 5.52 Å². The lowest BCUT2D eigenvalue weighted by atomic mass is 10.1. The number of nitrogen functional groups attached to an aromatic ring is 1. The molecule has 0 saturated heterocycles. The van der Waals surface area contributed by atoms with E-state index >= 15 is 0 Å². The highest BCUT2D eigenvalue weighted by atomic mass is 19.1. The summed E-state index contributed by atoms with van der Waals surface area (Å²) in [5.41, 5.74) is 6.22. The van der Waals surface area contributed by atoms with Crippen LogP contribution in [0.3, 0.4) is 0 Å². The van der Waals surface area contributed by atoms with Crippen LogP contribution in [0.4, 0.5) is 10.2 Å². The van der Waals surface area contributed by atoms with Crippen molar-refractivity contribution in [1.29, 1.82) is 0 Å². The van der Waals surface area contributed by atoms with Gasteiger partial charge in [-0.1, -0.05) is 0 Å². The Morgan fingerprint density at radius 2 is 2.00 bits per heavy atom. The third-order valence-corrected chi connectivity index (χ3v) is 3.79. The van der Waals surface area contributed by atoms with E-state index in [-0.39, 0.29) is 11.5 Å². The van der Waals surface area contributed by atoms with Gasteiger partial charge in [0.1, 0.15) is 24.1 Å². The van der Waals surface area contributed by atoms with Crippen molar-refractivity contribution in [3.63, 3.8) is 0 Å². The number of imidazole rings is 1. The first-order chi connectivity index (χ1) is 9.56. The molecule has 0 spiro atoms. The van der Waals surface area contributed by atoms with Crippen molar-refractivity contribution in [2.75, 3.05) is 12.3 Å². The molecule has 3 rings (SSSR count). The van der Waals surface area contributed by atoms with Gasteiger partial charge in [-0.15, -0.1) is 0 Å². The number of fused-ring (bicyclic) bond motifs is 1. The monoisotopic (exact) mass is 283 g/mol. The van der Waals surface area contributed by atoms with Crippen LogP contribution in [0, 0.1) is 5.92 Å². The van der Waals surface area contributed by atoms with Gasteiger partial charge in [-0.3, -0.25) is 0 Å². The van der Waals surface area contributed by atoms with Crippen LogP contribution in [0.2, 0.25) is 0 Å². The molecule has 2 heterocycles. The predicted octanol–water partition coefficient (Wildman–Crippen LogP) is -1.37. The van der Waals surface area contributed by atoms with E-state index in [1.165, 1.54) is 17.2 Å². The topological polar surface area (TPSA) is 130 Å². The van der Waals surface area contributed by atoms with E-state index in [2.05, 4.69) is 15.0 Å². The second-order valence-electron chi connectivity index (χ2n) is 4.85. The number of nitrogens with two attached hydrogens (primary N) is 1. The largest absolute Gasteiger partial charge is 0.396 e. The van der Waals surface area contributed by atoms with E-state index < -0.39 is 36.9 Å². The Morgan fingerprint density at radius 1 is 1.25 bits per heavy atom. The van der Waals surface area contributed by atoms with Crippen molar-refractivity contribution in [1.82, 2.24) is 19.5 Å². The van der Waals surface area contributed by atoms with E-state index in [9.17, 15) is 14.6 Å². The molecular weight excluding hydrogens is 269 g/mol. The number of nitrogens with zero attached hydrogens (tertiary/aromatic N) is 4. The molecule has 0 bridgehead atoms. The van der Waals surface area contributed by atoms with E-state index in [0.717, 1.165) is 0 Å². The molecule has 0 aliphatic heterocycles. The summed E-state index contributed by atoms with van der Waals surface area (Å²) < 4.78 is 15.7. The van der Waals surface area contributed by atoms with Crippen molar-refractivity contribution in [2.45, 2.75) is 24.4 Å². The van der Waals surface area contributed by atoms with Crippen LogP contribution in [-0.4, -0.2) is 59.8 Å². The van der Waals surface area contributed by atoms with Crippen molar-refractivity contribution >= 4 is 17.0 Å². The van der Waals surface area contributed by atoms with Gasteiger partial charge in [0, 0.05) is 5.92 Å². The molecule has 0 unspecified atom stereocenters. The SMILES string of the molecule is Nc1ncnc2c1ncn2[C@@H]1[C@@H](O)[C@@H](O)[C@H](CO)[C@@H]1F. The molecule has 5 N–H and O–H groups in total. The lowest BCUT2D eigenvalue weighted by Crippen LogP contribution is -2.30. The highest BCUT2D eigenvalue weighted by Gasteiger charge is 2.51.